The molecule has 0 aliphatic heterocycles. The molecule has 0 fully saturated rings. The number of benzene rings is 2. The minimum Gasteiger partial charge on any atom is -0.350 e. The van der Waals surface area contributed by atoms with E-state index in [1.807, 2.05) is 49.3 Å². The van der Waals surface area contributed by atoms with Gasteiger partial charge in [-0.05, 0) is 43.9 Å². The highest BCUT2D eigenvalue weighted by Gasteiger charge is 2.18. The average Bonchev–Trinajstić information content (AvgIpc) is 2.60. The summed E-state index contributed by atoms with van der Waals surface area (Å²) in [6.07, 6.45) is 0. The van der Waals surface area contributed by atoms with E-state index < -0.39 is 0 Å². The van der Waals surface area contributed by atoms with Crippen LogP contribution in [0.4, 0.5) is 4.39 Å². The molecule has 0 saturated carbocycles. The van der Waals surface area contributed by atoms with E-state index in [0.29, 0.717) is 17.6 Å². The number of carbonyl (C=O) groups is 1. The van der Waals surface area contributed by atoms with E-state index in [4.69, 9.17) is 11.6 Å². The number of rotatable bonds is 5. The van der Waals surface area contributed by atoms with E-state index >= 15 is 0 Å². The van der Waals surface area contributed by atoms with Gasteiger partial charge in [0.1, 0.15) is 11.0 Å². The van der Waals surface area contributed by atoms with Crippen LogP contribution < -0.4 is 5.32 Å². The van der Waals surface area contributed by atoms with Gasteiger partial charge in [0, 0.05) is 11.9 Å². The molecule has 6 heteroatoms. The quantitative estimate of drug-likeness (QED) is 0.688. The van der Waals surface area contributed by atoms with Crippen molar-refractivity contribution in [3.8, 4) is 0 Å². The van der Waals surface area contributed by atoms with Crippen LogP contribution in [-0.4, -0.2) is 36.4 Å². The fourth-order valence-corrected chi connectivity index (χ4v) is 3.13. The summed E-state index contributed by atoms with van der Waals surface area (Å²) >= 11 is 6.05. The SMILES string of the molecule is CN(C)C(CNC(=O)c1cc(Cl)nc2ccccc12)c1cccc(F)c1. The molecule has 0 aliphatic rings. The maximum atomic E-state index is 13.5. The summed E-state index contributed by atoms with van der Waals surface area (Å²) in [5.41, 5.74) is 1.93. The van der Waals surface area contributed by atoms with Gasteiger partial charge in [-0.1, -0.05) is 41.9 Å². The molecule has 0 spiro atoms. The van der Waals surface area contributed by atoms with Crippen molar-refractivity contribution in [1.82, 2.24) is 15.2 Å². The van der Waals surface area contributed by atoms with Gasteiger partial charge in [-0.15, -0.1) is 0 Å². The molecule has 0 saturated heterocycles. The van der Waals surface area contributed by atoms with Crippen molar-refractivity contribution in [2.75, 3.05) is 20.6 Å². The van der Waals surface area contributed by atoms with Crippen molar-refractivity contribution in [3.05, 3.63) is 76.7 Å². The average molecular weight is 372 g/mol. The van der Waals surface area contributed by atoms with Crippen LogP contribution in [0.2, 0.25) is 5.15 Å². The number of fused-ring (bicyclic) bond motifs is 1. The van der Waals surface area contributed by atoms with Gasteiger partial charge < -0.3 is 10.2 Å². The lowest BCUT2D eigenvalue weighted by atomic mass is 10.0. The van der Waals surface area contributed by atoms with Crippen LogP contribution in [0.1, 0.15) is 22.0 Å². The Morgan fingerprint density at radius 2 is 1.96 bits per heavy atom. The molecular weight excluding hydrogens is 353 g/mol. The van der Waals surface area contributed by atoms with Gasteiger partial charge in [-0.25, -0.2) is 9.37 Å². The van der Waals surface area contributed by atoms with Crippen molar-refractivity contribution in [2.45, 2.75) is 6.04 Å². The number of nitrogens with one attached hydrogen (secondary N) is 1. The lowest BCUT2D eigenvalue weighted by Crippen LogP contribution is -2.34. The van der Waals surface area contributed by atoms with Gasteiger partial charge in [-0.2, -0.15) is 0 Å². The molecule has 1 atom stereocenters. The Morgan fingerprint density at radius 1 is 1.19 bits per heavy atom. The molecule has 3 rings (SSSR count). The highest BCUT2D eigenvalue weighted by molar-refractivity contribution is 6.30. The molecule has 1 amide bonds. The van der Waals surface area contributed by atoms with Crippen LogP contribution in [0.5, 0.6) is 0 Å². The number of nitrogens with zero attached hydrogens (tertiary/aromatic N) is 2. The van der Waals surface area contributed by atoms with Crippen molar-refractivity contribution in [1.29, 1.82) is 0 Å². The molecule has 4 nitrogen and oxygen atoms in total. The second-order valence-electron chi connectivity index (χ2n) is 6.25. The van der Waals surface area contributed by atoms with Gasteiger partial charge in [0.2, 0.25) is 0 Å². The molecule has 0 aliphatic carbocycles. The zero-order valence-corrected chi connectivity index (χ0v) is 15.3. The Bertz CT molecular complexity index is 945. The van der Waals surface area contributed by atoms with Crippen LogP contribution in [0.25, 0.3) is 10.9 Å². The first-order chi connectivity index (χ1) is 12.5. The third kappa shape index (κ3) is 4.00. The second-order valence-corrected chi connectivity index (χ2v) is 6.64. The summed E-state index contributed by atoms with van der Waals surface area (Å²) in [6, 6.07) is 15.2. The van der Waals surface area contributed by atoms with Gasteiger partial charge in [0.05, 0.1) is 17.1 Å². The smallest absolute Gasteiger partial charge is 0.252 e. The summed E-state index contributed by atoms with van der Waals surface area (Å²) in [4.78, 5) is 18.9. The Morgan fingerprint density at radius 3 is 2.69 bits per heavy atom. The first-order valence-electron chi connectivity index (χ1n) is 8.21. The Labute approximate surface area is 156 Å². The molecule has 1 unspecified atom stereocenters. The standard InChI is InChI=1S/C20H19ClFN3O/c1-25(2)18(13-6-5-7-14(22)10-13)12-23-20(26)16-11-19(21)24-17-9-4-3-8-15(16)17/h3-11,18H,12H2,1-2H3,(H,23,26). The number of para-hydroxylation sites is 1. The first kappa shape index (κ1) is 18.3. The molecule has 0 bridgehead atoms. The van der Waals surface area contributed by atoms with Crippen molar-refractivity contribution >= 4 is 28.4 Å². The molecule has 1 heterocycles. The Balaban J connectivity index is 1.83. The second kappa shape index (κ2) is 7.81. The van der Waals surface area contributed by atoms with E-state index in [2.05, 4.69) is 10.3 Å². The van der Waals surface area contributed by atoms with Crippen LogP contribution in [0, 0.1) is 5.82 Å². The molecule has 2 aromatic carbocycles. The predicted octanol–water partition coefficient (Wildman–Crippen LogP) is 4.06. The number of hydrogen-bond acceptors (Lipinski definition) is 3. The summed E-state index contributed by atoms with van der Waals surface area (Å²) < 4.78 is 13.5. The molecule has 1 aromatic heterocycles. The summed E-state index contributed by atoms with van der Waals surface area (Å²) in [7, 11) is 3.78. The van der Waals surface area contributed by atoms with E-state index in [1.54, 1.807) is 12.1 Å². The number of aromatic nitrogens is 1. The molecule has 134 valence electrons. The van der Waals surface area contributed by atoms with Crippen LogP contribution in [0.15, 0.2) is 54.6 Å². The number of hydrogen-bond donors (Lipinski definition) is 1. The van der Waals surface area contributed by atoms with Crippen molar-refractivity contribution in [2.24, 2.45) is 0 Å². The maximum Gasteiger partial charge on any atom is 0.252 e. The normalized spacial score (nSPS) is 12.3. The van der Waals surface area contributed by atoms with E-state index in [1.165, 1.54) is 12.1 Å². The monoisotopic (exact) mass is 371 g/mol. The van der Waals surface area contributed by atoms with Gasteiger partial charge in [0.15, 0.2) is 0 Å². The minimum atomic E-state index is -0.299. The van der Waals surface area contributed by atoms with Gasteiger partial charge >= 0.3 is 0 Å². The third-order valence-electron chi connectivity index (χ3n) is 4.24. The molecule has 1 N–H and O–H groups in total. The van der Waals surface area contributed by atoms with Crippen molar-refractivity contribution < 1.29 is 9.18 Å². The van der Waals surface area contributed by atoms with E-state index in [0.717, 1.165) is 10.9 Å². The Kier molecular flexibility index (Phi) is 5.49. The van der Waals surface area contributed by atoms with Crippen molar-refractivity contribution in [3.63, 3.8) is 0 Å². The highest BCUT2D eigenvalue weighted by atomic mass is 35.5. The number of amides is 1. The summed E-state index contributed by atoms with van der Waals surface area (Å²) in [5.74, 6) is -0.540. The van der Waals surface area contributed by atoms with Gasteiger partial charge in [-0.3, -0.25) is 4.79 Å². The van der Waals surface area contributed by atoms with E-state index in [-0.39, 0.29) is 22.9 Å². The minimum absolute atomic E-state index is 0.154. The fourth-order valence-electron chi connectivity index (χ4n) is 2.93. The number of carbonyl (C=O) groups excluding carboxylic acids is 1. The predicted molar refractivity (Wildman–Crippen MR) is 102 cm³/mol. The van der Waals surface area contributed by atoms with Crippen LogP contribution in [0.3, 0.4) is 0 Å². The molecule has 3 aromatic rings. The maximum absolute atomic E-state index is 13.5. The number of halogens is 2. The topological polar surface area (TPSA) is 45.2 Å². The lowest BCUT2D eigenvalue weighted by molar-refractivity contribution is 0.0943. The molecule has 0 radical (unpaired) electrons. The van der Waals surface area contributed by atoms with Gasteiger partial charge in [0.25, 0.3) is 5.91 Å². The number of pyridine rings is 1. The Hall–Kier alpha value is -2.50. The zero-order valence-electron chi connectivity index (χ0n) is 14.5. The van der Waals surface area contributed by atoms with Crippen LogP contribution >= 0.6 is 11.6 Å². The summed E-state index contributed by atoms with van der Waals surface area (Å²) in [6.45, 7) is 0.337. The van der Waals surface area contributed by atoms with Crippen LogP contribution in [-0.2, 0) is 0 Å². The van der Waals surface area contributed by atoms with E-state index in [9.17, 15) is 9.18 Å². The molecule has 26 heavy (non-hydrogen) atoms. The first-order valence-corrected chi connectivity index (χ1v) is 8.59. The molecular formula is C20H19ClFN3O. The fraction of sp³-hybridized carbons (Fsp3) is 0.200. The lowest BCUT2D eigenvalue weighted by Gasteiger charge is -2.25. The zero-order chi connectivity index (χ0) is 18.7. The largest absolute Gasteiger partial charge is 0.350 e. The highest BCUT2D eigenvalue weighted by Crippen LogP contribution is 2.22. The third-order valence-corrected chi connectivity index (χ3v) is 4.44. The number of likely N-dealkylation sites (N-methyl/N-ethyl adjacent to an activating group) is 1. The summed E-state index contributed by atoms with van der Waals surface area (Å²) in [5, 5.41) is 3.93.